The third-order valence-corrected chi connectivity index (χ3v) is 4.79. The molecule has 0 saturated heterocycles. The number of hydrogen-bond acceptors (Lipinski definition) is 1. The van der Waals surface area contributed by atoms with Gasteiger partial charge in [0.1, 0.15) is 0 Å². The van der Waals surface area contributed by atoms with Crippen LogP contribution in [0.25, 0.3) is 0 Å². The first kappa shape index (κ1) is 12.4. The van der Waals surface area contributed by atoms with Gasteiger partial charge in [-0.3, -0.25) is 0 Å². The lowest BCUT2D eigenvalue weighted by Gasteiger charge is -2.49. The highest BCUT2D eigenvalue weighted by Gasteiger charge is 2.42. The zero-order valence-corrected chi connectivity index (χ0v) is 11.4. The van der Waals surface area contributed by atoms with Crippen molar-refractivity contribution in [3.63, 3.8) is 0 Å². The van der Waals surface area contributed by atoms with Crippen LogP contribution in [0.2, 0.25) is 0 Å². The Balaban J connectivity index is 1.96. The van der Waals surface area contributed by atoms with E-state index in [-0.39, 0.29) is 5.54 Å². The molecule has 2 saturated carbocycles. The monoisotopic (exact) mass is 223 g/mol. The summed E-state index contributed by atoms with van der Waals surface area (Å²) in [6.45, 7) is 8.15. The van der Waals surface area contributed by atoms with Gasteiger partial charge in [-0.25, -0.2) is 0 Å². The smallest absolute Gasteiger partial charge is 0.00967 e. The van der Waals surface area contributed by atoms with E-state index in [0.29, 0.717) is 5.41 Å². The van der Waals surface area contributed by atoms with Gasteiger partial charge < -0.3 is 5.32 Å². The molecule has 0 heterocycles. The predicted octanol–water partition coefficient (Wildman–Crippen LogP) is 4.13. The largest absolute Gasteiger partial charge is 0.312 e. The second kappa shape index (κ2) is 4.68. The minimum Gasteiger partial charge on any atom is -0.312 e. The summed E-state index contributed by atoms with van der Waals surface area (Å²) < 4.78 is 0. The molecule has 1 heteroatoms. The van der Waals surface area contributed by atoms with E-state index in [0.717, 1.165) is 5.92 Å². The third-order valence-electron chi connectivity index (χ3n) is 4.79. The van der Waals surface area contributed by atoms with Gasteiger partial charge in [0.15, 0.2) is 0 Å². The Kier molecular flexibility index (Phi) is 3.63. The lowest BCUT2D eigenvalue weighted by Crippen LogP contribution is -2.49. The Bertz CT molecular complexity index is 216. The van der Waals surface area contributed by atoms with Gasteiger partial charge in [-0.2, -0.15) is 0 Å². The van der Waals surface area contributed by atoms with Crippen molar-refractivity contribution in [1.29, 1.82) is 0 Å². The molecule has 2 fully saturated rings. The Morgan fingerprint density at radius 1 is 1.00 bits per heavy atom. The number of hydrogen-bond donors (Lipinski definition) is 1. The summed E-state index contributed by atoms with van der Waals surface area (Å²) in [4.78, 5) is 0. The highest BCUT2D eigenvalue weighted by molar-refractivity contribution is 4.95. The van der Waals surface area contributed by atoms with Gasteiger partial charge >= 0.3 is 0 Å². The first-order valence-corrected chi connectivity index (χ1v) is 7.27. The van der Waals surface area contributed by atoms with Crippen LogP contribution in [0.5, 0.6) is 0 Å². The topological polar surface area (TPSA) is 12.0 Å². The minimum absolute atomic E-state index is 0.286. The van der Waals surface area contributed by atoms with E-state index in [4.69, 9.17) is 0 Å². The molecule has 2 rings (SSSR count). The van der Waals surface area contributed by atoms with Crippen LogP contribution in [0.15, 0.2) is 0 Å². The van der Waals surface area contributed by atoms with E-state index in [1.165, 1.54) is 57.9 Å². The zero-order valence-electron chi connectivity index (χ0n) is 11.4. The van der Waals surface area contributed by atoms with Crippen LogP contribution >= 0.6 is 0 Å². The summed E-state index contributed by atoms with van der Waals surface area (Å²) in [5, 5.41) is 3.78. The molecule has 0 amide bonds. The molecule has 94 valence electrons. The molecule has 2 aliphatic carbocycles. The highest BCUT2D eigenvalue weighted by atomic mass is 15.0. The van der Waals surface area contributed by atoms with Gasteiger partial charge in [0, 0.05) is 12.1 Å². The lowest BCUT2D eigenvalue weighted by atomic mass is 9.59. The average molecular weight is 223 g/mol. The predicted molar refractivity (Wildman–Crippen MR) is 70.6 cm³/mol. The Morgan fingerprint density at radius 2 is 1.62 bits per heavy atom. The van der Waals surface area contributed by atoms with Crippen molar-refractivity contribution in [2.45, 2.75) is 77.7 Å². The first-order chi connectivity index (χ1) is 7.52. The first-order valence-electron chi connectivity index (χ1n) is 7.27. The van der Waals surface area contributed by atoms with E-state index in [9.17, 15) is 0 Å². The van der Waals surface area contributed by atoms with Gasteiger partial charge in [-0.1, -0.05) is 25.7 Å². The zero-order chi connectivity index (χ0) is 11.6. The Hall–Kier alpha value is -0.0400. The van der Waals surface area contributed by atoms with Gasteiger partial charge in [0.05, 0.1) is 0 Å². The van der Waals surface area contributed by atoms with E-state index in [1.54, 1.807) is 0 Å². The summed E-state index contributed by atoms with van der Waals surface area (Å²) in [6.07, 6.45) is 11.9. The van der Waals surface area contributed by atoms with Crippen molar-refractivity contribution in [3.8, 4) is 0 Å². The summed E-state index contributed by atoms with van der Waals surface area (Å²) in [5.41, 5.74) is 0.956. The molecule has 16 heavy (non-hydrogen) atoms. The van der Waals surface area contributed by atoms with Crippen LogP contribution < -0.4 is 5.32 Å². The molecule has 0 spiro atoms. The van der Waals surface area contributed by atoms with Crippen molar-refractivity contribution in [2.75, 3.05) is 6.54 Å². The Labute approximate surface area is 101 Å². The molecular weight excluding hydrogens is 194 g/mol. The van der Waals surface area contributed by atoms with E-state index >= 15 is 0 Å². The highest BCUT2D eigenvalue weighted by Crippen LogP contribution is 2.50. The van der Waals surface area contributed by atoms with E-state index in [1.807, 2.05) is 0 Å². The van der Waals surface area contributed by atoms with E-state index < -0.39 is 0 Å². The molecule has 0 bridgehead atoms. The third kappa shape index (κ3) is 2.80. The quantitative estimate of drug-likeness (QED) is 0.758. The normalized spacial score (nSPS) is 26.4. The molecule has 0 aromatic heterocycles. The lowest BCUT2D eigenvalue weighted by molar-refractivity contribution is 0.0350. The Morgan fingerprint density at radius 3 is 2.06 bits per heavy atom. The van der Waals surface area contributed by atoms with Crippen molar-refractivity contribution in [1.82, 2.24) is 5.32 Å². The van der Waals surface area contributed by atoms with E-state index in [2.05, 4.69) is 26.1 Å². The van der Waals surface area contributed by atoms with Crippen LogP contribution in [0, 0.1) is 11.3 Å². The van der Waals surface area contributed by atoms with Crippen molar-refractivity contribution >= 4 is 0 Å². The molecule has 0 aromatic rings. The van der Waals surface area contributed by atoms with Gasteiger partial charge in [0.2, 0.25) is 0 Å². The fourth-order valence-corrected chi connectivity index (χ4v) is 3.45. The van der Waals surface area contributed by atoms with Crippen LogP contribution in [-0.4, -0.2) is 12.1 Å². The second-order valence-electron chi connectivity index (χ2n) is 7.15. The maximum absolute atomic E-state index is 3.78. The molecule has 1 N–H and O–H groups in total. The maximum Gasteiger partial charge on any atom is 0.00967 e. The number of nitrogens with one attached hydrogen (secondary N) is 1. The molecule has 0 radical (unpaired) electrons. The summed E-state index contributed by atoms with van der Waals surface area (Å²) in [5.74, 6) is 1.04. The van der Waals surface area contributed by atoms with Gasteiger partial charge in [0.25, 0.3) is 0 Å². The van der Waals surface area contributed by atoms with Crippen LogP contribution in [-0.2, 0) is 0 Å². The number of rotatable bonds is 3. The summed E-state index contributed by atoms with van der Waals surface area (Å²) >= 11 is 0. The summed E-state index contributed by atoms with van der Waals surface area (Å²) in [7, 11) is 0. The fraction of sp³-hybridized carbons (Fsp3) is 1.00. The maximum atomic E-state index is 3.78. The van der Waals surface area contributed by atoms with Crippen LogP contribution in [0.4, 0.5) is 0 Å². The molecular formula is C15H29N. The fourth-order valence-electron chi connectivity index (χ4n) is 3.45. The molecule has 2 aliphatic rings. The molecule has 0 unspecified atom stereocenters. The second-order valence-corrected chi connectivity index (χ2v) is 7.15. The molecule has 0 atom stereocenters. The SMILES string of the molecule is CC(C)(C)NCC1(C2CCC2)CCCCC1. The molecule has 0 aliphatic heterocycles. The van der Waals surface area contributed by atoms with Crippen molar-refractivity contribution < 1.29 is 0 Å². The minimum atomic E-state index is 0.286. The summed E-state index contributed by atoms with van der Waals surface area (Å²) in [6, 6.07) is 0. The van der Waals surface area contributed by atoms with Gasteiger partial charge in [-0.05, 0) is 57.8 Å². The van der Waals surface area contributed by atoms with Gasteiger partial charge in [-0.15, -0.1) is 0 Å². The average Bonchev–Trinajstić information content (AvgIpc) is 2.13. The molecule has 0 aromatic carbocycles. The van der Waals surface area contributed by atoms with Crippen LogP contribution in [0.3, 0.4) is 0 Å². The van der Waals surface area contributed by atoms with Crippen LogP contribution in [0.1, 0.15) is 72.1 Å². The van der Waals surface area contributed by atoms with Crippen molar-refractivity contribution in [3.05, 3.63) is 0 Å². The van der Waals surface area contributed by atoms with Crippen molar-refractivity contribution in [2.24, 2.45) is 11.3 Å². The standard InChI is InChI=1S/C15H29N/c1-14(2,3)16-12-15(13-8-7-9-13)10-5-4-6-11-15/h13,16H,4-12H2,1-3H3. The molecule has 1 nitrogen and oxygen atoms in total.